The Bertz CT molecular complexity index is 1140. The Hall–Kier alpha value is -3.06. The molecule has 2 aliphatic rings. The molecule has 2 aromatic carbocycles. The van der Waals surface area contributed by atoms with Gasteiger partial charge in [-0.1, -0.05) is 48.2 Å². The number of aromatic nitrogens is 2. The van der Waals surface area contributed by atoms with Crippen molar-refractivity contribution in [1.82, 2.24) is 14.9 Å². The van der Waals surface area contributed by atoms with Crippen LogP contribution in [-0.2, 0) is 4.79 Å². The van der Waals surface area contributed by atoms with Crippen LogP contribution in [0.5, 0.6) is 11.5 Å². The van der Waals surface area contributed by atoms with Crippen molar-refractivity contribution in [3.63, 3.8) is 0 Å². The fourth-order valence-corrected chi connectivity index (χ4v) is 5.16. The minimum absolute atomic E-state index is 0.0635. The van der Waals surface area contributed by atoms with Gasteiger partial charge in [-0.25, -0.2) is 9.97 Å². The van der Waals surface area contributed by atoms with Crippen molar-refractivity contribution in [2.24, 2.45) is 0 Å². The number of fused-ring (bicyclic) bond motifs is 1. The summed E-state index contributed by atoms with van der Waals surface area (Å²) in [5, 5.41) is 0.633. The number of thioether (sulfide) groups is 1. The summed E-state index contributed by atoms with van der Waals surface area (Å²) in [6, 6.07) is 18.2. The van der Waals surface area contributed by atoms with E-state index in [1.807, 2.05) is 60.4 Å². The third-order valence-electron chi connectivity index (χ3n) is 5.96. The van der Waals surface area contributed by atoms with Gasteiger partial charge in [0, 0.05) is 24.2 Å². The highest BCUT2D eigenvalue weighted by molar-refractivity contribution is 7.99. The number of amides is 1. The van der Waals surface area contributed by atoms with Crippen LogP contribution in [0.15, 0.2) is 59.8 Å². The third-order valence-corrected chi connectivity index (χ3v) is 6.79. The Balaban J connectivity index is 1.28. The lowest BCUT2D eigenvalue weighted by molar-refractivity contribution is -0.129. The van der Waals surface area contributed by atoms with E-state index in [0.29, 0.717) is 24.1 Å². The van der Waals surface area contributed by atoms with Gasteiger partial charge in [-0.3, -0.25) is 4.79 Å². The first-order valence-electron chi connectivity index (χ1n) is 11.4. The first-order valence-corrected chi connectivity index (χ1v) is 12.4. The average molecular weight is 462 g/mol. The van der Waals surface area contributed by atoms with Gasteiger partial charge in [0.15, 0.2) is 16.7 Å². The summed E-state index contributed by atoms with van der Waals surface area (Å²) < 4.78 is 11.6. The molecular weight excluding hydrogens is 434 g/mol. The van der Waals surface area contributed by atoms with E-state index in [0.717, 1.165) is 59.8 Å². The summed E-state index contributed by atoms with van der Waals surface area (Å²) in [5.41, 5.74) is 3.92. The van der Waals surface area contributed by atoms with Gasteiger partial charge in [-0.05, 0) is 43.5 Å². The van der Waals surface area contributed by atoms with Crippen molar-refractivity contribution in [2.75, 3.05) is 25.5 Å². The van der Waals surface area contributed by atoms with Crippen LogP contribution in [-0.4, -0.2) is 46.3 Å². The number of likely N-dealkylation sites (tertiary alicyclic amines) is 1. The Labute approximate surface area is 198 Å². The van der Waals surface area contributed by atoms with E-state index in [4.69, 9.17) is 9.47 Å². The number of hydrogen-bond acceptors (Lipinski definition) is 6. The lowest BCUT2D eigenvalue weighted by atomic mass is 10.0. The first-order chi connectivity index (χ1) is 16.2. The molecule has 0 radical (unpaired) electrons. The number of carbonyl (C=O) groups is 1. The van der Waals surface area contributed by atoms with Crippen molar-refractivity contribution >= 4 is 17.7 Å². The molecule has 1 saturated heterocycles. The van der Waals surface area contributed by atoms with E-state index in [9.17, 15) is 4.79 Å². The van der Waals surface area contributed by atoms with Crippen LogP contribution in [0.3, 0.4) is 0 Å². The molecule has 3 heterocycles. The summed E-state index contributed by atoms with van der Waals surface area (Å²) in [5.74, 6) is 1.99. The van der Waals surface area contributed by atoms with Gasteiger partial charge in [-0.15, -0.1) is 0 Å². The van der Waals surface area contributed by atoms with Crippen molar-refractivity contribution in [1.29, 1.82) is 0 Å². The first kappa shape index (κ1) is 21.8. The molecule has 6 nitrogen and oxygen atoms in total. The molecule has 170 valence electrons. The van der Waals surface area contributed by atoms with Gasteiger partial charge in [0.05, 0.1) is 30.7 Å². The van der Waals surface area contributed by atoms with Gasteiger partial charge in [0.1, 0.15) is 0 Å². The highest BCUT2D eigenvalue weighted by Crippen LogP contribution is 2.38. The highest BCUT2D eigenvalue weighted by Gasteiger charge is 2.30. The predicted octanol–water partition coefficient (Wildman–Crippen LogP) is 5.07. The van der Waals surface area contributed by atoms with E-state index in [2.05, 4.69) is 16.0 Å². The standard InChI is InChI=1S/C26H27N3O3S/c1-18-15-21(19-7-3-2-4-8-19)28-26(27-18)33-17-25(30)29-12-5-9-22(29)20-10-11-23-24(16-20)32-14-6-13-31-23/h2-4,7-8,10-11,15-16,22H,5-6,9,12-14,17H2,1H3. The van der Waals surface area contributed by atoms with Gasteiger partial charge in [-0.2, -0.15) is 0 Å². The minimum Gasteiger partial charge on any atom is -0.490 e. The molecule has 7 heteroatoms. The van der Waals surface area contributed by atoms with Crippen molar-refractivity contribution in [3.05, 3.63) is 65.9 Å². The molecule has 3 aromatic rings. The van der Waals surface area contributed by atoms with E-state index in [-0.39, 0.29) is 11.9 Å². The lowest BCUT2D eigenvalue weighted by Crippen LogP contribution is -2.32. The minimum atomic E-state index is 0.0635. The second-order valence-corrected chi connectivity index (χ2v) is 9.28. The van der Waals surface area contributed by atoms with Gasteiger partial charge in [0.25, 0.3) is 0 Å². The van der Waals surface area contributed by atoms with Crippen LogP contribution in [0.25, 0.3) is 11.3 Å². The van der Waals surface area contributed by atoms with Gasteiger partial charge >= 0.3 is 0 Å². The number of ether oxygens (including phenoxy) is 2. The topological polar surface area (TPSA) is 64.6 Å². The maximum absolute atomic E-state index is 13.2. The molecule has 1 aromatic heterocycles. The van der Waals surface area contributed by atoms with Gasteiger partial charge < -0.3 is 14.4 Å². The Morgan fingerprint density at radius 2 is 1.85 bits per heavy atom. The van der Waals surface area contributed by atoms with E-state index >= 15 is 0 Å². The number of aryl methyl sites for hydroxylation is 1. The molecule has 2 aliphatic heterocycles. The number of hydrogen-bond donors (Lipinski definition) is 0. The van der Waals surface area contributed by atoms with Crippen LogP contribution >= 0.6 is 11.8 Å². The molecule has 33 heavy (non-hydrogen) atoms. The maximum atomic E-state index is 13.2. The zero-order valence-electron chi connectivity index (χ0n) is 18.7. The Morgan fingerprint density at radius 3 is 2.70 bits per heavy atom. The molecule has 1 fully saturated rings. The number of nitrogens with zero attached hydrogens (tertiary/aromatic N) is 3. The monoisotopic (exact) mass is 461 g/mol. The molecule has 0 bridgehead atoms. The summed E-state index contributed by atoms with van der Waals surface area (Å²) in [6.07, 6.45) is 2.83. The zero-order valence-corrected chi connectivity index (χ0v) is 19.5. The van der Waals surface area contributed by atoms with Crippen LogP contribution in [0.1, 0.15) is 36.6 Å². The maximum Gasteiger partial charge on any atom is 0.233 e. The molecule has 5 rings (SSSR count). The molecule has 0 saturated carbocycles. The highest BCUT2D eigenvalue weighted by atomic mass is 32.2. The normalized spacial score (nSPS) is 17.6. The smallest absolute Gasteiger partial charge is 0.233 e. The third kappa shape index (κ3) is 4.98. The van der Waals surface area contributed by atoms with Crippen LogP contribution in [0.2, 0.25) is 0 Å². The molecule has 0 N–H and O–H groups in total. The lowest BCUT2D eigenvalue weighted by Gasteiger charge is -2.25. The molecule has 1 unspecified atom stereocenters. The molecule has 0 spiro atoms. The van der Waals surface area contributed by atoms with E-state index in [1.165, 1.54) is 11.8 Å². The van der Waals surface area contributed by atoms with Gasteiger partial charge in [0.2, 0.25) is 5.91 Å². The van der Waals surface area contributed by atoms with Crippen molar-refractivity contribution in [2.45, 2.75) is 37.4 Å². The Kier molecular flexibility index (Phi) is 6.48. The quantitative estimate of drug-likeness (QED) is 0.391. The fraction of sp³-hybridized carbons (Fsp3) is 0.346. The van der Waals surface area contributed by atoms with Crippen molar-refractivity contribution < 1.29 is 14.3 Å². The van der Waals surface area contributed by atoms with E-state index in [1.54, 1.807) is 0 Å². The second kappa shape index (κ2) is 9.83. The second-order valence-electron chi connectivity index (χ2n) is 8.33. The average Bonchev–Trinajstić information content (AvgIpc) is 3.21. The fourth-order valence-electron chi connectivity index (χ4n) is 4.37. The number of carbonyl (C=O) groups excluding carboxylic acids is 1. The molecule has 1 atom stereocenters. The van der Waals surface area contributed by atoms with Crippen LogP contribution in [0.4, 0.5) is 0 Å². The summed E-state index contributed by atoms with van der Waals surface area (Å²) in [6.45, 7) is 4.05. The number of rotatable bonds is 5. The SMILES string of the molecule is Cc1cc(-c2ccccc2)nc(SCC(=O)N2CCCC2c2ccc3c(c2)OCCCO3)n1. The van der Waals surface area contributed by atoms with E-state index < -0.39 is 0 Å². The molecule has 0 aliphatic carbocycles. The zero-order chi connectivity index (χ0) is 22.6. The largest absolute Gasteiger partial charge is 0.490 e. The molecular formula is C26H27N3O3S. The van der Waals surface area contributed by atoms with Crippen LogP contribution < -0.4 is 9.47 Å². The predicted molar refractivity (Wildman–Crippen MR) is 129 cm³/mol. The number of benzene rings is 2. The van der Waals surface area contributed by atoms with Crippen molar-refractivity contribution in [3.8, 4) is 22.8 Å². The Morgan fingerprint density at radius 1 is 1.03 bits per heavy atom. The molecule has 1 amide bonds. The van der Waals surface area contributed by atoms with Crippen LogP contribution in [0, 0.1) is 6.92 Å². The summed E-state index contributed by atoms with van der Waals surface area (Å²) in [4.78, 5) is 24.4. The summed E-state index contributed by atoms with van der Waals surface area (Å²) in [7, 11) is 0. The summed E-state index contributed by atoms with van der Waals surface area (Å²) >= 11 is 1.40.